The van der Waals surface area contributed by atoms with Crippen LogP contribution in [0.2, 0.25) is 0 Å². The molecule has 0 saturated carbocycles. The van der Waals surface area contributed by atoms with E-state index in [0.717, 1.165) is 36.9 Å². The van der Waals surface area contributed by atoms with Crippen molar-refractivity contribution in [3.8, 4) is 17.2 Å². The van der Waals surface area contributed by atoms with Gasteiger partial charge in [-0.1, -0.05) is 31.5 Å². The quantitative estimate of drug-likeness (QED) is 0.411. The second kappa shape index (κ2) is 13.2. The Morgan fingerprint density at radius 1 is 1.00 bits per heavy atom. The Morgan fingerprint density at radius 2 is 1.69 bits per heavy atom. The summed E-state index contributed by atoms with van der Waals surface area (Å²) in [6, 6.07) is 12.7. The number of likely N-dealkylation sites (tertiary alicyclic amines) is 1. The molecule has 1 fully saturated rings. The summed E-state index contributed by atoms with van der Waals surface area (Å²) >= 11 is 0. The molecule has 1 N–H and O–H groups in total. The second-order valence-electron chi connectivity index (χ2n) is 10.6. The van der Waals surface area contributed by atoms with Crippen LogP contribution < -0.4 is 14.2 Å². The van der Waals surface area contributed by atoms with E-state index in [-0.39, 0.29) is 25.2 Å². The number of fused-ring (bicyclic) bond motifs is 1. The molecule has 212 valence electrons. The molecular weight excluding hydrogens is 498 g/mol. The maximum Gasteiger partial charge on any atom is 0.309 e. The molecule has 0 aliphatic carbocycles. The number of methoxy groups -OCH3 is 1. The minimum atomic E-state index is -0.887. The molecule has 3 atom stereocenters. The maximum absolute atomic E-state index is 13.7. The van der Waals surface area contributed by atoms with Gasteiger partial charge in [-0.2, -0.15) is 0 Å². The minimum Gasteiger partial charge on any atom is -0.497 e. The Bertz CT molecular complexity index is 1120. The Labute approximate surface area is 231 Å². The van der Waals surface area contributed by atoms with Crippen LogP contribution >= 0.6 is 0 Å². The van der Waals surface area contributed by atoms with Gasteiger partial charge < -0.3 is 29.1 Å². The predicted molar refractivity (Wildman–Crippen MR) is 148 cm³/mol. The first-order valence-electron chi connectivity index (χ1n) is 13.7. The summed E-state index contributed by atoms with van der Waals surface area (Å²) in [5.74, 6) is 0.0632. The Balaban J connectivity index is 1.64. The lowest BCUT2D eigenvalue weighted by Crippen LogP contribution is -2.42. The SMILES string of the molecule is CCCCN(CCCN(C)C)C(=O)CN1CC(c2ccc3c(c2)OCO3)C(C(=O)O)C1c1ccc(OC)cc1. The average Bonchev–Trinajstić information content (AvgIpc) is 3.54. The van der Waals surface area contributed by atoms with E-state index in [1.807, 2.05) is 66.4 Å². The van der Waals surface area contributed by atoms with Gasteiger partial charge in [0.1, 0.15) is 5.75 Å². The van der Waals surface area contributed by atoms with Gasteiger partial charge in [-0.15, -0.1) is 0 Å². The highest BCUT2D eigenvalue weighted by molar-refractivity contribution is 5.79. The number of carbonyl (C=O) groups excluding carboxylic acids is 1. The van der Waals surface area contributed by atoms with Gasteiger partial charge in [0.05, 0.1) is 19.6 Å². The molecule has 3 unspecified atom stereocenters. The molecule has 2 aliphatic rings. The standard InChI is InChI=1S/C30H41N3O6/c1-5-6-15-32(16-7-14-31(2)3)27(34)19-33-18-24(22-10-13-25-26(17-22)39-20-38-25)28(30(35)36)29(33)21-8-11-23(37-4)12-9-21/h8-13,17,24,28-29H,5-7,14-16,18-20H2,1-4H3,(H,35,36). The number of carboxylic acid groups (broad SMARTS) is 1. The minimum absolute atomic E-state index is 0.0381. The van der Waals surface area contributed by atoms with Gasteiger partial charge in [0.15, 0.2) is 11.5 Å². The largest absolute Gasteiger partial charge is 0.497 e. The van der Waals surface area contributed by atoms with E-state index in [0.29, 0.717) is 36.9 Å². The monoisotopic (exact) mass is 539 g/mol. The Morgan fingerprint density at radius 3 is 2.36 bits per heavy atom. The van der Waals surface area contributed by atoms with E-state index in [4.69, 9.17) is 14.2 Å². The highest BCUT2D eigenvalue weighted by atomic mass is 16.7. The fraction of sp³-hybridized carbons (Fsp3) is 0.533. The summed E-state index contributed by atoms with van der Waals surface area (Å²) in [5.41, 5.74) is 1.72. The van der Waals surface area contributed by atoms with Crippen molar-refractivity contribution < 1.29 is 28.9 Å². The number of benzene rings is 2. The maximum atomic E-state index is 13.7. The first-order valence-corrected chi connectivity index (χ1v) is 13.7. The molecule has 39 heavy (non-hydrogen) atoms. The van der Waals surface area contributed by atoms with Gasteiger partial charge in [0.25, 0.3) is 0 Å². The summed E-state index contributed by atoms with van der Waals surface area (Å²) in [6.07, 6.45) is 2.83. The predicted octanol–water partition coefficient (Wildman–Crippen LogP) is 3.85. The summed E-state index contributed by atoms with van der Waals surface area (Å²) in [7, 11) is 5.67. The van der Waals surface area contributed by atoms with Crippen molar-refractivity contribution in [1.82, 2.24) is 14.7 Å². The third-order valence-corrected chi connectivity index (χ3v) is 7.67. The fourth-order valence-corrected chi connectivity index (χ4v) is 5.63. The molecule has 2 aromatic carbocycles. The smallest absolute Gasteiger partial charge is 0.309 e. The van der Waals surface area contributed by atoms with Crippen LogP contribution in [-0.4, -0.2) is 92.4 Å². The molecule has 0 spiro atoms. The van der Waals surface area contributed by atoms with Crippen molar-refractivity contribution in [2.75, 3.05) is 60.7 Å². The van der Waals surface area contributed by atoms with Crippen LogP contribution in [0.1, 0.15) is 49.3 Å². The first-order chi connectivity index (χ1) is 18.8. The molecule has 9 nitrogen and oxygen atoms in total. The Hall–Kier alpha value is -3.30. The van der Waals surface area contributed by atoms with Crippen LogP contribution in [0, 0.1) is 5.92 Å². The van der Waals surface area contributed by atoms with E-state index >= 15 is 0 Å². The lowest BCUT2D eigenvalue weighted by Gasteiger charge is -2.30. The van der Waals surface area contributed by atoms with Gasteiger partial charge in [-0.25, -0.2) is 0 Å². The van der Waals surface area contributed by atoms with Crippen LogP contribution in [0.4, 0.5) is 0 Å². The number of amides is 1. The molecule has 2 aromatic rings. The van der Waals surface area contributed by atoms with Crippen molar-refractivity contribution in [2.24, 2.45) is 5.92 Å². The van der Waals surface area contributed by atoms with Gasteiger partial charge >= 0.3 is 5.97 Å². The Kier molecular flexibility index (Phi) is 9.69. The van der Waals surface area contributed by atoms with Crippen molar-refractivity contribution in [3.05, 3.63) is 53.6 Å². The van der Waals surface area contributed by atoms with Gasteiger partial charge in [0, 0.05) is 31.6 Å². The van der Waals surface area contributed by atoms with Gasteiger partial charge in [0.2, 0.25) is 12.7 Å². The highest BCUT2D eigenvalue weighted by Gasteiger charge is 2.48. The number of rotatable bonds is 13. The van der Waals surface area contributed by atoms with Crippen LogP contribution in [0.15, 0.2) is 42.5 Å². The van der Waals surface area contributed by atoms with Crippen molar-refractivity contribution >= 4 is 11.9 Å². The third-order valence-electron chi connectivity index (χ3n) is 7.67. The lowest BCUT2D eigenvalue weighted by atomic mass is 9.82. The highest BCUT2D eigenvalue weighted by Crippen LogP contribution is 2.47. The van der Waals surface area contributed by atoms with Crippen molar-refractivity contribution in [1.29, 1.82) is 0 Å². The van der Waals surface area contributed by atoms with Crippen LogP contribution in [-0.2, 0) is 9.59 Å². The topological polar surface area (TPSA) is 91.8 Å². The zero-order valence-electron chi connectivity index (χ0n) is 23.5. The lowest BCUT2D eigenvalue weighted by molar-refractivity contribution is -0.144. The molecular formula is C30H41N3O6. The number of unbranched alkanes of at least 4 members (excludes halogenated alkanes) is 1. The van der Waals surface area contributed by atoms with Crippen LogP contribution in [0.3, 0.4) is 0 Å². The average molecular weight is 540 g/mol. The van der Waals surface area contributed by atoms with Gasteiger partial charge in [-0.05, 0) is 68.9 Å². The molecule has 9 heteroatoms. The normalized spacial score (nSPS) is 20.4. The summed E-state index contributed by atoms with van der Waals surface area (Å²) in [6.45, 7) is 5.18. The number of ether oxygens (including phenoxy) is 3. The number of carboxylic acids is 1. The van der Waals surface area contributed by atoms with E-state index in [1.54, 1.807) is 7.11 Å². The van der Waals surface area contributed by atoms with Crippen molar-refractivity contribution in [2.45, 2.75) is 38.1 Å². The second-order valence-corrected chi connectivity index (χ2v) is 10.6. The summed E-state index contributed by atoms with van der Waals surface area (Å²) < 4.78 is 16.4. The molecule has 4 rings (SSSR count). The summed E-state index contributed by atoms with van der Waals surface area (Å²) in [4.78, 5) is 32.6. The number of aliphatic carboxylic acids is 1. The zero-order chi connectivity index (χ0) is 27.9. The molecule has 2 heterocycles. The molecule has 0 aromatic heterocycles. The van der Waals surface area contributed by atoms with Gasteiger partial charge in [-0.3, -0.25) is 14.5 Å². The first kappa shape index (κ1) is 28.7. The number of hydrogen-bond acceptors (Lipinski definition) is 7. The third kappa shape index (κ3) is 6.83. The van der Waals surface area contributed by atoms with Crippen LogP contribution in [0.25, 0.3) is 0 Å². The van der Waals surface area contributed by atoms with E-state index in [9.17, 15) is 14.7 Å². The summed E-state index contributed by atoms with van der Waals surface area (Å²) in [5, 5.41) is 10.5. The molecule has 2 aliphatic heterocycles. The van der Waals surface area contributed by atoms with E-state index < -0.39 is 17.9 Å². The van der Waals surface area contributed by atoms with E-state index in [1.165, 1.54) is 0 Å². The molecule has 1 saturated heterocycles. The number of hydrogen-bond donors (Lipinski definition) is 1. The molecule has 0 radical (unpaired) electrons. The van der Waals surface area contributed by atoms with E-state index in [2.05, 4.69) is 11.8 Å². The van der Waals surface area contributed by atoms with Crippen molar-refractivity contribution in [3.63, 3.8) is 0 Å². The van der Waals surface area contributed by atoms with Crippen LogP contribution in [0.5, 0.6) is 17.2 Å². The fourth-order valence-electron chi connectivity index (χ4n) is 5.63. The number of nitrogens with zero attached hydrogens (tertiary/aromatic N) is 3. The molecule has 0 bridgehead atoms. The zero-order valence-corrected chi connectivity index (χ0v) is 23.5. The molecule has 1 amide bonds. The number of carbonyl (C=O) groups is 2.